The standard InChI is InChI=1S/C28H22N6O4/c35-26(33-24(28(37)38)15-21-16-29-17-31-21)19-9-11-22(12-10-19)34-25(18-6-2-1-3-7-18)32-23(27(34)36)14-20-8-4-5-13-30-20/h1-14,16-17,24H,15H2,(H,29,31)(H,33,35)(H,37,38)/b23-14-/t24-/m1/s1. The Morgan fingerprint density at radius 2 is 1.79 bits per heavy atom. The average Bonchev–Trinajstić information content (AvgIpc) is 3.57. The Hall–Kier alpha value is -5.38. The smallest absolute Gasteiger partial charge is 0.326 e. The molecule has 2 aromatic carbocycles. The largest absolute Gasteiger partial charge is 0.480 e. The van der Waals surface area contributed by atoms with Gasteiger partial charge in [-0.05, 0) is 42.5 Å². The molecule has 10 heteroatoms. The molecule has 0 fully saturated rings. The van der Waals surface area contributed by atoms with Crippen LogP contribution in [-0.4, -0.2) is 49.7 Å². The number of carbonyl (C=O) groups is 3. The number of aliphatic carboxylic acids is 1. The Labute approximate surface area is 217 Å². The average molecular weight is 507 g/mol. The minimum atomic E-state index is -1.16. The molecule has 0 radical (unpaired) electrons. The van der Waals surface area contributed by atoms with E-state index in [0.717, 1.165) is 5.56 Å². The van der Waals surface area contributed by atoms with Gasteiger partial charge in [-0.2, -0.15) is 0 Å². The van der Waals surface area contributed by atoms with Gasteiger partial charge in [0, 0.05) is 35.6 Å². The summed E-state index contributed by atoms with van der Waals surface area (Å²) in [6, 6.07) is 19.9. The third-order valence-electron chi connectivity index (χ3n) is 5.83. The lowest BCUT2D eigenvalue weighted by molar-refractivity contribution is -0.139. The highest BCUT2D eigenvalue weighted by molar-refractivity contribution is 6.33. The first kappa shape index (κ1) is 24.3. The van der Waals surface area contributed by atoms with Gasteiger partial charge in [0.25, 0.3) is 11.8 Å². The number of pyridine rings is 1. The quantitative estimate of drug-likeness (QED) is 0.314. The molecule has 1 atom stereocenters. The van der Waals surface area contributed by atoms with E-state index in [1.54, 1.807) is 36.5 Å². The molecule has 1 aliphatic heterocycles. The van der Waals surface area contributed by atoms with E-state index in [9.17, 15) is 19.5 Å². The number of anilines is 1. The third kappa shape index (κ3) is 5.24. The number of aromatic nitrogens is 3. The maximum absolute atomic E-state index is 13.4. The fourth-order valence-electron chi connectivity index (χ4n) is 3.96. The highest BCUT2D eigenvalue weighted by atomic mass is 16.4. The number of aromatic amines is 1. The van der Waals surface area contributed by atoms with E-state index in [0.29, 0.717) is 22.9 Å². The van der Waals surface area contributed by atoms with E-state index in [1.807, 2.05) is 36.4 Å². The molecule has 0 saturated heterocycles. The van der Waals surface area contributed by atoms with Gasteiger partial charge in [0.1, 0.15) is 17.6 Å². The fourth-order valence-corrected chi connectivity index (χ4v) is 3.96. The van der Waals surface area contributed by atoms with Crippen LogP contribution < -0.4 is 10.2 Å². The molecule has 0 bridgehead atoms. The Bertz CT molecular complexity index is 1510. The van der Waals surface area contributed by atoms with E-state index in [2.05, 4.69) is 25.3 Å². The maximum Gasteiger partial charge on any atom is 0.326 e. The van der Waals surface area contributed by atoms with Crippen LogP contribution in [0.4, 0.5) is 5.69 Å². The van der Waals surface area contributed by atoms with Crippen LogP contribution >= 0.6 is 0 Å². The first-order valence-electron chi connectivity index (χ1n) is 11.7. The number of nitrogens with one attached hydrogen (secondary N) is 2. The molecule has 188 valence electrons. The second-order valence-corrected chi connectivity index (χ2v) is 8.42. The number of imidazole rings is 1. The summed E-state index contributed by atoms with van der Waals surface area (Å²) in [7, 11) is 0. The molecular formula is C28H22N6O4. The van der Waals surface area contributed by atoms with Crippen molar-refractivity contribution in [3.8, 4) is 0 Å². The van der Waals surface area contributed by atoms with E-state index >= 15 is 0 Å². The van der Waals surface area contributed by atoms with Crippen LogP contribution in [0, 0.1) is 0 Å². The van der Waals surface area contributed by atoms with Crippen molar-refractivity contribution in [2.24, 2.45) is 4.99 Å². The van der Waals surface area contributed by atoms with Crippen molar-refractivity contribution in [2.75, 3.05) is 4.90 Å². The third-order valence-corrected chi connectivity index (χ3v) is 5.83. The summed E-state index contributed by atoms with van der Waals surface area (Å²) < 4.78 is 0. The van der Waals surface area contributed by atoms with Gasteiger partial charge in [-0.15, -0.1) is 0 Å². The number of carboxylic acid groups (broad SMARTS) is 1. The lowest BCUT2D eigenvalue weighted by Gasteiger charge is -2.19. The van der Waals surface area contributed by atoms with Gasteiger partial charge in [0.05, 0.1) is 17.7 Å². The molecule has 3 heterocycles. The molecule has 10 nitrogen and oxygen atoms in total. The predicted octanol–water partition coefficient (Wildman–Crippen LogP) is 3.06. The van der Waals surface area contributed by atoms with Crippen molar-refractivity contribution in [1.82, 2.24) is 20.3 Å². The molecule has 5 rings (SSSR count). The second-order valence-electron chi connectivity index (χ2n) is 8.42. The number of carboxylic acids is 1. The molecule has 0 unspecified atom stereocenters. The van der Waals surface area contributed by atoms with Crippen molar-refractivity contribution in [2.45, 2.75) is 12.5 Å². The van der Waals surface area contributed by atoms with Crippen molar-refractivity contribution >= 4 is 35.4 Å². The van der Waals surface area contributed by atoms with Crippen molar-refractivity contribution < 1.29 is 19.5 Å². The number of carbonyl (C=O) groups excluding carboxylic acids is 2. The molecule has 3 N–H and O–H groups in total. The molecule has 0 saturated carbocycles. The highest BCUT2D eigenvalue weighted by Gasteiger charge is 2.32. The number of benzene rings is 2. The SMILES string of the molecule is O=C(N[C@H](Cc1cnc[nH]1)C(=O)O)c1ccc(N2C(=O)/C(=C/c3ccccn3)N=C2c2ccccc2)cc1. The molecule has 2 aromatic heterocycles. The molecule has 0 aliphatic carbocycles. The number of rotatable bonds is 8. The van der Waals surface area contributed by atoms with Crippen LogP contribution in [0.15, 0.2) is 102 Å². The van der Waals surface area contributed by atoms with E-state index in [4.69, 9.17) is 0 Å². The minimum absolute atomic E-state index is 0.0592. The van der Waals surface area contributed by atoms with Gasteiger partial charge in [0.2, 0.25) is 0 Å². The summed E-state index contributed by atoms with van der Waals surface area (Å²) in [6.07, 6.45) is 6.27. The molecule has 38 heavy (non-hydrogen) atoms. The maximum atomic E-state index is 13.4. The number of nitrogens with zero attached hydrogens (tertiary/aromatic N) is 4. The Morgan fingerprint density at radius 1 is 1.03 bits per heavy atom. The monoisotopic (exact) mass is 506 g/mol. The number of hydrogen-bond donors (Lipinski definition) is 3. The van der Waals surface area contributed by atoms with Gasteiger partial charge in [-0.1, -0.05) is 36.4 Å². The number of H-pyrrole nitrogens is 1. The number of amidine groups is 1. The lowest BCUT2D eigenvalue weighted by atomic mass is 10.1. The summed E-state index contributed by atoms with van der Waals surface area (Å²) >= 11 is 0. The molecule has 1 aliphatic rings. The summed E-state index contributed by atoms with van der Waals surface area (Å²) in [5, 5.41) is 12.1. The zero-order chi connectivity index (χ0) is 26.5. The van der Waals surface area contributed by atoms with Crippen LogP contribution in [0.25, 0.3) is 6.08 Å². The first-order chi connectivity index (χ1) is 18.5. The van der Waals surface area contributed by atoms with E-state index < -0.39 is 17.9 Å². The highest BCUT2D eigenvalue weighted by Crippen LogP contribution is 2.28. The van der Waals surface area contributed by atoms with Gasteiger partial charge in [-0.25, -0.2) is 14.8 Å². The first-order valence-corrected chi connectivity index (χ1v) is 11.7. The minimum Gasteiger partial charge on any atom is -0.480 e. The Balaban J connectivity index is 1.40. The van der Waals surface area contributed by atoms with Crippen LogP contribution in [0.3, 0.4) is 0 Å². The topological polar surface area (TPSA) is 141 Å². The summed E-state index contributed by atoms with van der Waals surface area (Å²) in [5.74, 6) is -1.61. The van der Waals surface area contributed by atoms with Crippen LogP contribution in [0.5, 0.6) is 0 Å². The van der Waals surface area contributed by atoms with Crippen molar-refractivity contribution in [1.29, 1.82) is 0 Å². The van der Waals surface area contributed by atoms with Crippen molar-refractivity contribution in [3.63, 3.8) is 0 Å². The van der Waals surface area contributed by atoms with Crippen molar-refractivity contribution in [3.05, 3.63) is 120 Å². The zero-order valence-corrected chi connectivity index (χ0v) is 20.0. The fraction of sp³-hybridized carbons (Fsp3) is 0.0714. The number of aliphatic imine (C=N–C) groups is 1. The summed E-state index contributed by atoms with van der Waals surface area (Å²) in [6.45, 7) is 0. The molecule has 4 aromatic rings. The van der Waals surface area contributed by atoms with Gasteiger partial charge in [0.15, 0.2) is 0 Å². The molecule has 0 spiro atoms. The lowest BCUT2D eigenvalue weighted by Crippen LogP contribution is -2.42. The Morgan fingerprint density at radius 3 is 2.45 bits per heavy atom. The van der Waals surface area contributed by atoms with Gasteiger partial charge < -0.3 is 15.4 Å². The van der Waals surface area contributed by atoms with E-state index in [1.165, 1.54) is 29.6 Å². The molecule has 2 amide bonds. The van der Waals surface area contributed by atoms with E-state index in [-0.39, 0.29) is 23.6 Å². The number of amides is 2. The summed E-state index contributed by atoms with van der Waals surface area (Å²) in [4.78, 5) is 55.0. The Kier molecular flexibility index (Phi) is 6.85. The number of hydrogen-bond acceptors (Lipinski definition) is 6. The predicted molar refractivity (Wildman–Crippen MR) is 140 cm³/mol. The van der Waals surface area contributed by atoms with Crippen LogP contribution in [0.1, 0.15) is 27.3 Å². The van der Waals surface area contributed by atoms with Gasteiger partial charge in [-0.3, -0.25) is 19.5 Å². The van der Waals surface area contributed by atoms with Crippen LogP contribution in [0.2, 0.25) is 0 Å². The zero-order valence-electron chi connectivity index (χ0n) is 20.0. The summed E-state index contributed by atoms with van der Waals surface area (Å²) in [5.41, 5.74) is 2.92. The normalized spacial score (nSPS) is 14.8. The molecular weight excluding hydrogens is 484 g/mol. The van der Waals surface area contributed by atoms with Gasteiger partial charge >= 0.3 is 5.97 Å². The second kappa shape index (κ2) is 10.7. The van der Waals surface area contributed by atoms with Crippen LogP contribution in [-0.2, 0) is 16.0 Å².